The Balaban J connectivity index is 1.68. The number of hydrogen-bond acceptors (Lipinski definition) is 3. The maximum atomic E-state index is 4.48. The highest BCUT2D eigenvalue weighted by Gasteiger charge is 2.23. The van der Waals surface area contributed by atoms with E-state index in [0.29, 0.717) is 0 Å². The number of aliphatic imine (C=N–C) groups is 1. The Kier molecular flexibility index (Phi) is 4.30. The van der Waals surface area contributed by atoms with Crippen LogP contribution in [-0.4, -0.2) is 37.5 Å². The zero-order valence-electron chi connectivity index (χ0n) is 11.6. The summed E-state index contributed by atoms with van der Waals surface area (Å²) in [5.41, 5.74) is 0. The van der Waals surface area contributed by atoms with Crippen LogP contribution in [0, 0.1) is 17.8 Å². The van der Waals surface area contributed by atoms with Crippen molar-refractivity contribution >= 4 is 5.96 Å². The second kappa shape index (κ2) is 5.74. The van der Waals surface area contributed by atoms with Gasteiger partial charge in [0.1, 0.15) is 0 Å². The molecule has 1 aliphatic carbocycles. The Morgan fingerprint density at radius 1 is 1.29 bits per heavy atom. The van der Waals surface area contributed by atoms with Gasteiger partial charge in [0.2, 0.25) is 0 Å². The van der Waals surface area contributed by atoms with Gasteiger partial charge in [-0.1, -0.05) is 13.8 Å². The topological polar surface area (TPSA) is 27.6 Å². The summed E-state index contributed by atoms with van der Waals surface area (Å²) in [6.07, 6.45) is 5.64. The van der Waals surface area contributed by atoms with Crippen molar-refractivity contribution in [3.05, 3.63) is 0 Å². The van der Waals surface area contributed by atoms with Crippen LogP contribution < -0.4 is 5.32 Å². The molecule has 3 nitrogen and oxygen atoms in total. The van der Waals surface area contributed by atoms with E-state index in [1.165, 1.54) is 25.7 Å². The molecule has 1 saturated carbocycles. The van der Waals surface area contributed by atoms with Crippen molar-refractivity contribution in [2.75, 3.05) is 26.7 Å². The molecular formula is C14H27N3. The summed E-state index contributed by atoms with van der Waals surface area (Å²) in [5.74, 6) is 3.81. The first-order valence-electron chi connectivity index (χ1n) is 7.16. The molecule has 0 spiro atoms. The van der Waals surface area contributed by atoms with Crippen LogP contribution in [0.15, 0.2) is 4.99 Å². The Hall–Kier alpha value is -0.730. The molecule has 0 saturated heterocycles. The third-order valence-electron chi connectivity index (χ3n) is 4.44. The number of guanidine groups is 1. The van der Waals surface area contributed by atoms with Gasteiger partial charge in [-0.25, -0.2) is 0 Å². The van der Waals surface area contributed by atoms with E-state index in [1.807, 2.05) is 0 Å². The zero-order chi connectivity index (χ0) is 12.3. The van der Waals surface area contributed by atoms with Crippen LogP contribution in [0.5, 0.6) is 0 Å². The number of nitrogens with one attached hydrogen (secondary N) is 1. The lowest BCUT2D eigenvalue weighted by Gasteiger charge is -2.31. The van der Waals surface area contributed by atoms with Gasteiger partial charge in [0.25, 0.3) is 0 Å². The van der Waals surface area contributed by atoms with E-state index in [0.717, 1.165) is 43.3 Å². The smallest absolute Gasteiger partial charge is 0.193 e. The lowest BCUT2D eigenvalue weighted by atomic mass is 9.77. The second-order valence-corrected chi connectivity index (χ2v) is 6.03. The Bertz CT molecular complexity index is 265. The fraction of sp³-hybridized carbons (Fsp3) is 0.929. The van der Waals surface area contributed by atoms with Gasteiger partial charge in [0.15, 0.2) is 5.96 Å². The summed E-state index contributed by atoms with van der Waals surface area (Å²) in [7, 11) is 2.12. The van der Waals surface area contributed by atoms with Crippen molar-refractivity contribution in [3.8, 4) is 0 Å². The van der Waals surface area contributed by atoms with Crippen LogP contribution in [0.25, 0.3) is 0 Å². The molecule has 0 bridgehead atoms. The molecular weight excluding hydrogens is 210 g/mol. The van der Waals surface area contributed by atoms with E-state index >= 15 is 0 Å². The summed E-state index contributed by atoms with van der Waals surface area (Å²) in [6.45, 7) is 7.88. The van der Waals surface area contributed by atoms with Crippen molar-refractivity contribution < 1.29 is 0 Å². The molecule has 2 rings (SSSR count). The van der Waals surface area contributed by atoms with E-state index in [1.54, 1.807) is 0 Å². The number of rotatable bonds is 3. The van der Waals surface area contributed by atoms with E-state index < -0.39 is 0 Å². The zero-order valence-corrected chi connectivity index (χ0v) is 11.6. The molecule has 0 unspecified atom stereocenters. The van der Waals surface area contributed by atoms with Crippen LogP contribution >= 0.6 is 0 Å². The third-order valence-corrected chi connectivity index (χ3v) is 4.44. The molecule has 1 N–H and O–H groups in total. The predicted octanol–water partition coefficient (Wildman–Crippen LogP) is 2.34. The van der Waals surface area contributed by atoms with Crippen molar-refractivity contribution in [2.45, 2.75) is 39.5 Å². The highest BCUT2D eigenvalue weighted by atomic mass is 15.3. The lowest BCUT2D eigenvalue weighted by molar-refractivity contribution is 0.224. The molecule has 0 aromatic rings. The molecule has 0 aromatic carbocycles. The molecule has 0 amide bonds. The second-order valence-electron chi connectivity index (χ2n) is 6.03. The minimum absolute atomic E-state index is 0.863. The summed E-state index contributed by atoms with van der Waals surface area (Å²) < 4.78 is 0. The highest BCUT2D eigenvalue weighted by Crippen LogP contribution is 2.32. The van der Waals surface area contributed by atoms with Gasteiger partial charge in [-0.05, 0) is 43.4 Å². The van der Waals surface area contributed by atoms with Crippen molar-refractivity contribution in [1.29, 1.82) is 0 Å². The Morgan fingerprint density at radius 2 is 2.00 bits per heavy atom. The van der Waals surface area contributed by atoms with Gasteiger partial charge >= 0.3 is 0 Å². The summed E-state index contributed by atoms with van der Waals surface area (Å²) in [5, 5.41) is 3.52. The van der Waals surface area contributed by atoms with E-state index in [4.69, 9.17) is 0 Å². The van der Waals surface area contributed by atoms with Crippen LogP contribution in [0.4, 0.5) is 0 Å². The summed E-state index contributed by atoms with van der Waals surface area (Å²) in [6, 6.07) is 0. The quantitative estimate of drug-likeness (QED) is 0.816. The van der Waals surface area contributed by atoms with Crippen LogP contribution in [0.2, 0.25) is 0 Å². The first-order valence-corrected chi connectivity index (χ1v) is 7.16. The molecule has 1 aliphatic heterocycles. The molecule has 2 aliphatic rings. The molecule has 17 heavy (non-hydrogen) atoms. The predicted molar refractivity (Wildman–Crippen MR) is 73.2 cm³/mol. The summed E-state index contributed by atoms with van der Waals surface area (Å²) in [4.78, 5) is 6.70. The standard InChI is InChI=1S/C14H27N3/c1-11(2)13-6-4-12(5-7-13)10-16-14-15-8-9-17(14)3/h11-13H,4-10H2,1-3H3,(H,15,16). The highest BCUT2D eigenvalue weighted by molar-refractivity contribution is 5.81. The first kappa shape index (κ1) is 12.7. The van der Waals surface area contributed by atoms with E-state index in [2.05, 4.69) is 36.1 Å². The van der Waals surface area contributed by atoms with Crippen molar-refractivity contribution in [1.82, 2.24) is 10.2 Å². The number of hydrogen-bond donors (Lipinski definition) is 1. The molecule has 0 radical (unpaired) electrons. The monoisotopic (exact) mass is 237 g/mol. The van der Waals surface area contributed by atoms with Crippen molar-refractivity contribution in [3.63, 3.8) is 0 Å². The fourth-order valence-electron chi connectivity index (χ4n) is 3.02. The van der Waals surface area contributed by atoms with Crippen molar-refractivity contribution in [2.24, 2.45) is 22.7 Å². The van der Waals surface area contributed by atoms with Gasteiger partial charge in [-0.3, -0.25) is 4.99 Å². The van der Waals surface area contributed by atoms with Gasteiger partial charge in [0.05, 0.1) is 6.54 Å². The minimum atomic E-state index is 0.863. The molecule has 0 aromatic heterocycles. The van der Waals surface area contributed by atoms with E-state index in [-0.39, 0.29) is 0 Å². The average Bonchev–Trinajstić information content (AvgIpc) is 2.73. The lowest BCUT2D eigenvalue weighted by Crippen LogP contribution is -2.39. The van der Waals surface area contributed by atoms with Gasteiger partial charge in [-0.15, -0.1) is 0 Å². The van der Waals surface area contributed by atoms with Crippen LogP contribution in [-0.2, 0) is 0 Å². The largest absolute Gasteiger partial charge is 0.356 e. The minimum Gasteiger partial charge on any atom is -0.356 e. The maximum absolute atomic E-state index is 4.48. The molecule has 3 heteroatoms. The fourth-order valence-corrected chi connectivity index (χ4v) is 3.02. The molecule has 98 valence electrons. The Morgan fingerprint density at radius 3 is 2.53 bits per heavy atom. The third kappa shape index (κ3) is 3.36. The molecule has 1 fully saturated rings. The van der Waals surface area contributed by atoms with Crippen LogP contribution in [0.3, 0.4) is 0 Å². The summed E-state index contributed by atoms with van der Waals surface area (Å²) >= 11 is 0. The first-order chi connectivity index (χ1) is 8.16. The van der Waals surface area contributed by atoms with Gasteiger partial charge in [0, 0.05) is 20.1 Å². The maximum Gasteiger partial charge on any atom is 0.193 e. The SMILES string of the molecule is CC(C)C1CCC(CNC2=NCCN2C)CC1. The average molecular weight is 237 g/mol. The van der Waals surface area contributed by atoms with Crippen LogP contribution in [0.1, 0.15) is 39.5 Å². The van der Waals surface area contributed by atoms with Gasteiger partial charge < -0.3 is 10.2 Å². The normalized spacial score (nSPS) is 29.6. The molecule has 0 atom stereocenters. The number of nitrogens with zero attached hydrogens (tertiary/aromatic N) is 2. The molecule has 1 heterocycles. The Labute approximate surface area is 106 Å². The van der Waals surface area contributed by atoms with Gasteiger partial charge in [-0.2, -0.15) is 0 Å². The van der Waals surface area contributed by atoms with E-state index in [9.17, 15) is 0 Å². The number of likely N-dealkylation sites (N-methyl/N-ethyl adjacent to an activating group) is 1.